The maximum Gasteiger partial charge on any atom is 0.326 e. The van der Waals surface area contributed by atoms with Crippen LogP contribution in [0.3, 0.4) is 0 Å². The van der Waals surface area contributed by atoms with Gasteiger partial charge in [-0.2, -0.15) is 5.10 Å². The Morgan fingerprint density at radius 1 is 1.17 bits per heavy atom. The number of fused-ring (bicyclic) bond motifs is 2. The molecule has 0 saturated heterocycles. The van der Waals surface area contributed by atoms with Gasteiger partial charge in [0.15, 0.2) is 11.8 Å². The van der Waals surface area contributed by atoms with Crippen molar-refractivity contribution in [1.82, 2.24) is 24.3 Å². The van der Waals surface area contributed by atoms with E-state index in [9.17, 15) is 14.4 Å². The average Bonchev–Trinajstić information content (AvgIpc) is 3.11. The number of aromatic nitrogens is 5. The Kier molecular flexibility index (Phi) is 4.97. The van der Waals surface area contributed by atoms with E-state index >= 15 is 0 Å². The highest BCUT2D eigenvalue weighted by atomic mass is 16.5. The van der Waals surface area contributed by atoms with Crippen LogP contribution < -0.4 is 10.9 Å². The summed E-state index contributed by atoms with van der Waals surface area (Å²) in [5.74, 6) is -1.22. The third kappa shape index (κ3) is 3.62. The Morgan fingerprint density at radius 2 is 2.00 bits per heavy atom. The third-order valence-electron chi connectivity index (χ3n) is 4.60. The van der Waals surface area contributed by atoms with Gasteiger partial charge in [-0.05, 0) is 31.2 Å². The molecule has 152 valence electrons. The van der Waals surface area contributed by atoms with Crippen molar-refractivity contribution in [3.05, 3.63) is 59.4 Å². The highest BCUT2D eigenvalue weighted by Gasteiger charge is 2.20. The van der Waals surface area contributed by atoms with E-state index in [1.54, 1.807) is 31.4 Å². The summed E-state index contributed by atoms with van der Waals surface area (Å²) in [5.41, 5.74) is 1.31. The Balaban J connectivity index is 1.44. The lowest BCUT2D eigenvalue weighted by Crippen LogP contribution is -2.33. The monoisotopic (exact) mass is 406 g/mol. The molecule has 10 heteroatoms. The normalized spacial score (nSPS) is 12.1. The fraction of sp³-hybridized carbons (Fsp3) is 0.200. The van der Waals surface area contributed by atoms with Crippen molar-refractivity contribution in [2.45, 2.75) is 19.6 Å². The zero-order valence-corrected chi connectivity index (χ0v) is 16.3. The second kappa shape index (κ2) is 7.74. The molecule has 1 amide bonds. The van der Waals surface area contributed by atoms with E-state index in [-0.39, 0.29) is 6.54 Å². The average molecular weight is 406 g/mol. The fourth-order valence-electron chi connectivity index (χ4n) is 3.05. The number of ether oxygens (including phenoxy) is 1. The molecular formula is C20H18N6O4. The van der Waals surface area contributed by atoms with Crippen LogP contribution in [0.4, 0.5) is 5.69 Å². The largest absolute Gasteiger partial charge is 0.451 e. The summed E-state index contributed by atoms with van der Waals surface area (Å²) in [4.78, 5) is 45.6. The number of hydrogen-bond acceptors (Lipinski definition) is 7. The van der Waals surface area contributed by atoms with Crippen LogP contribution in [0, 0.1) is 0 Å². The van der Waals surface area contributed by atoms with E-state index in [4.69, 9.17) is 4.74 Å². The van der Waals surface area contributed by atoms with Crippen LogP contribution in [0.15, 0.2) is 53.8 Å². The number of aryl methyl sites for hydroxylation is 1. The maximum atomic E-state index is 12.5. The highest BCUT2D eigenvalue weighted by Crippen LogP contribution is 2.21. The van der Waals surface area contributed by atoms with Gasteiger partial charge in [0, 0.05) is 18.6 Å². The molecule has 3 heterocycles. The third-order valence-corrected chi connectivity index (χ3v) is 4.60. The molecule has 1 unspecified atom stereocenters. The van der Waals surface area contributed by atoms with Gasteiger partial charge < -0.3 is 10.1 Å². The molecule has 3 aromatic heterocycles. The molecule has 4 aromatic rings. The Morgan fingerprint density at radius 3 is 2.83 bits per heavy atom. The lowest BCUT2D eigenvalue weighted by atomic mass is 10.2. The molecule has 0 saturated carbocycles. The van der Waals surface area contributed by atoms with E-state index in [2.05, 4.69) is 20.4 Å². The van der Waals surface area contributed by atoms with Gasteiger partial charge in [-0.25, -0.2) is 4.98 Å². The molecule has 0 aliphatic rings. The van der Waals surface area contributed by atoms with E-state index in [1.165, 1.54) is 24.1 Å². The number of carbonyl (C=O) groups excluding carboxylic acids is 2. The van der Waals surface area contributed by atoms with Crippen LogP contribution >= 0.6 is 0 Å². The zero-order chi connectivity index (χ0) is 21.3. The number of amides is 1. The molecule has 4 rings (SSSR count). The van der Waals surface area contributed by atoms with Gasteiger partial charge in [0.25, 0.3) is 11.5 Å². The van der Waals surface area contributed by atoms with Crippen molar-refractivity contribution < 1.29 is 14.3 Å². The van der Waals surface area contributed by atoms with Crippen molar-refractivity contribution in [1.29, 1.82) is 0 Å². The minimum absolute atomic E-state index is 0.295. The van der Waals surface area contributed by atoms with Crippen molar-refractivity contribution in [3.63, 3.8) is 0 Å². The first kappa shape index (κ1) is 19.2. The first-order chi connectivity index (χ1) is 14.4. The fourth-order valence-corrected chi connectivity index (χ4v) is 3.05. The standard InChI is InChI=1S/C20H18N6O4/c1-12(19(28)24-16-7-3-6-15-13(16)5-4-8-21-15)30-17(27)10-26-11-22-18-14(20(26)29)9-23-25(18)2/h3-9,11-12H,10H2,1-2H3,(H,24,28). The molecule has 1 N–H and O–H groups in total. The predicted octanol–water partition coefficient (Wildman–Crippen LogP) is 1.25. The Labute approximate surface area is 170 Å². The van der Waals surface area contributed by atoms with E-state index in [0.717, 1.165) is 15.5 Å². The first-order valence-electron chi connectivity index (χ1n) is 9.15. The van der Waals surface area contributed by atoms with Gasteiger partial charge in [-0.3, -0.25) is 28.6 Å². The van der Waals surface area contributed by atoms with Gasteiger partial charge in [-0.15, -0.1) is 0 Å². The van der Waals surface area contributed by atoms with Gasteiger partial charge in [0.2, 0.25) is 0 Å². The summed E-state index contributed by atoms with van der Waals surface area (Å²) < 4.78 is 7.78. The lowest BCUT2D eigenvalue weighted by molar-refractivity contribution is -0.153. The number of esters is 1. The molecule has 0 aliphatic carbocycles. The van der Waals surface area contributed by atoms with E-state index < -0.39 is 23.5 Å². The van der Waals surface area contributed by atoms with Gasteiger partial charge in [0.1, 0.15) is 18.3 Å². The lowest BCUT2D eigenvalue weighted by Gasteiger charge is -2.15. The highest BCUT2D eigenvalue weighted by molar-refractivity contribution is 6.02. The first-order valence-corrected chi connectivity index (χ1v) is 9.15. The molecular weight excluding hydrogens is 388 g/mol. The van der Waals surface area contributed by atoms with E-state index in [0.29, 0.717) is 16.7 Å². The van der Waals surface area contributed by atoms with Crippen LogP contribution in [0.2, 0.25) is 0 Å². The molecule has 0 radical (unpaired) electrons. The molecule has 1 aromatic carbocycles. The molecule has 0 fully saturated rings. The minimum Gasteiger partial charge on any atom is -0.451 e. The van der Waals surface area contributed by atoms with Crippen molar-refractivity contribution in [3.8, 4) is 0 Å². The SMILES string of the molecule is CC(OC(=O)Cn1cnc2c(cnn2C)c1=O)C(=O)Nc1cccc2ncccc12. The number of benzene rings is 1. The second-order valence-electron chi connectivity index (χ2n) is 6.68. The van der Waals surface area contributed by atoms with Gasteiger partial charge in [0.05, 0.1) is 17.4 Å². The van der Waals surface area contributed by atoms with Gasteiger partial charge in [-0.1, -0.05) is 6.07 Å². The molecule has 1 atom stereocenters. The number of pyridine rings is 1. The number of hydrogen-bond donors (Lipinski definition) is 1. The summed E-state index contributed by atoms with van der Waals surface area (Å²) in [5, 5.41) is 7.79. The summed E-state index contributed by atoms with van der Waals surface area (Å²) in [6.07, 6.45) is 3.25. The van der Waals surface area contributed by atoms with Crippen LogP contribution in [0.25, 0.3) is 21.9 Å². The van der Waals surface area contributed by atoms with Crippen LogP contribution in [0.5, 0.6) is 0 Å². The second-order valence-corrected chi connectivity index (χ2v) is 6.68. The van der Waals surface area contributed by atoms with Crippen molar-refractivity contribution in [2.24, 2.45) is 7.05 Å². The summed E-state index contributed by atoms with van der Waals surface area (Å²) in [6, 6.07) is 8.95. The molecule has 10 nitrogen and oxygen atoms in total. The van der Waals surface area contributed by atoms with Gasteiger partial charge >= 0.3 is 5.97 Å². The zero-order valence-electron chi connectivity index (χ0n) is 16.3. The van der Waals surface area contributed by atoms with Crippen molar-refractivity contribution in [2.75, 3.05) is 5.32 Å². The number of anilines is 1. The van der Waals surface area contributed by atoms with Crippen LogP contribution in [-0.2, 0) is 27.9 Å². The topological polar surface area (TPSA) is 121 Å². The number of rotatable bonds is 5. The minimum atomic E-state index is -1.06. The quantitative estimate of drug-likeness (QED) is 0.495. The summed E-state index contributed by atoms with van der Waals surface area (Å²) >= 11 is 0. The number of nitrogens with zero attached hydrogens (tertiary/aromatic N) is 5. The van der Waals surface area contributed by atoms with Crippen molar-refractivity contribution >= 4 is 39.5 Å². The summed E-state index contributed by atoms with van der Waals surface area (Å²) in [7, 11) is 1.67. The Bertz CT molecular complexity index is 1320. The summed E-state index contributed by atoms with van der Waals surface area (Å²) in [6.45, 7) is 1.09. The predicted molar refractivity (Wildman–Crippen MR) is 109 cm³/mol. The number of carbonyl (C=O) groups is 2. The van der Waals surface area contributed by atoms with Crippen LogP contribution in [0.1, 0.15) is 6.92 Å². The molecule has 0 aliphatic heterocycles. The maximum absolute atomic E-state index is 12.5. The molecule has 0 bridgehead atoms. The smallest absolute Gasteiger partial charge is 0.326 e. The van der Waals surface area contributed by atoms with Crippen LogP contribution in [-0.4, -0.2) is 42.3 Å². The molecule has 30 heavy (non-hydrogen) atoms. The van der Waals surface area contributed by atoms with E-state index in [1.807, 2.05) is 12.1 Å². The number of nitrogens with one attached hydrogen (secondary N) is 1. The molecule has 0 spiro atoms. The Hall–Kier alpha value is -4.08.